The summed E-state index contributed by atoms with van der Waals surface area (Å²) in [5, 5.41) is 3.35. The molecule has 5 nitrogen and oxygen atoms in total. The fourth-order valence-corrected chi connectivity index (χ4v) is 4.30. The first-order valence-corrected chi connectivity index (χ1v) is 10.9. The molecule has 0 bridgehead atoms. The van der Waals surface area contributed by atoms with Gasteiger partial charge in [-0.15, -0.1) is 0 Å². The molecular formula is C20H25ClN2O3S. The molecule has 0 aliphatic rings. The lowest BCUT2D eigenvalue weighted by Gasteiger charge is -2.29. The minimum Gasteiger partial charge on any atom is -0.324 e. The predicted molar refractivity (Wildman–Crippen MR) is 112 cm³/mol. The predicted octanol–water partition coefficient (Wildman–Crippen LogP) is 4.31. The van der Waals surface area contributed by atoms with Gasteiger partial charge < -0.3 is 5.32 Å². The molecule has 0 aromatic heterocycles. The smallest absolute Gasteiger partial charge is 0.248 e. The van der Waals surface area contributed by atoms with Crippen LogP contribution in [0.25, 0.3) is 0 Å². The molecule has 2 aromatic carbocycles. The van der Waals surface area contributed by atoms with E-state index < -0.39 is 22.0 Å². The lowest BCUT2D eigenvalue weighted by atomic mass is 10.1. The van der Waals surface area contributed by atoms with Crippen molar-refractivity contribution >= 4 is 38.9 Å². The Kier molecular flexibility index (Phi) is 6.54. The van der Waals surface area contributed by atoms with E-state index in [1.165, 1.54) is 0 Å². The minimum absolute atomic E-state index is 0.358. The van der Waals surface area contributed by atoms with Gasteiger partial charge in [-0.25, -0.2) is 8.42 Å². The van der Waals surface area contributed by atoms with E-state index in [2.05, 4.69) is 5.32 Å². The number of amides is 1. The molecular weight excluding hydrogens is 384 g/mol. The van der Waals surface area contributed by atoms with Gasteiger partial charge in [0, 0.05) is 10.7 Å². The maximum absolute atomic E-state index is 12.9. The summed E-state index contributed by atoms with van der Waals surface area (Å²) in [5.41, 5.74) is 3.85. The Labute approximate surface area is 166 Å². The van der Waals surface area contributed by atoms with E-state index in [9.17, 15) is 13.2 Å². The van der Waals surface area contributed by atoms with Crippen LogP contribution < -0.4 is 9.62 Å². The summed E-state index contributed by atoms with van der Waals surface area (Å²) in [5.74, 6) is -0.402. The van der Waals surface area contributed by atoms with Gasteiger partial charge in [0.25, 0.3) is 0 Å². The molecule has 0 aliphatic carbocycles. The summed E-state index contributed by atoms with van der Waals surface area (Å²) in [7, 11) is -3.70. The average molecular weight is 409 g/mol. The molecule has 7 heteroatoms. The molecule has 27 heavy (non-hydrogen) atoms. The number of anilines is 2. The molecule has 0 spiro atoms. The number of nitrogens with zero attached hydrogens (tertiary/aromatic N) is 1. The quantitative estimate of drug-likeness (QED) is 0.774. The van der Waals surface area contributed by atoms with Gasteiger partial charge in [0.15, 0.2) is 0 Å². The van der Waals surface area contributed by atoms with E-state index in [1.54, 1.807) is 25.1 Å². The number of rotatable bonds is 6. The molecule has 146 valence electrons. The number of carbonyl (C=O) groups is 1. The molecule has 2 aromatic rings. The van der Waals surface area contributed by atoms with Gasteiger partial charge in [0.2, 0.25) is 15.9 Å². The van der Waals surface area contributed by atoms with Gasteiger partial charge in [-0.3, -0.25) is 9.10 Å². The number of hydrogen-bond donors (Lipinski definition) is 1. The zero-order valence-electron chi connectivity index (χ0n) is 16.2. The molecule has 0 heterocycles. The van der Waals surface area contributed by atoms with Crippen molar-refractivity contribution in [1.82, 2.24) is 0 Å². The van der Waals surface area contributed by atoms with Crippen LogP contribution in [-0.4, -0.2) is 26.6 Å². The van der Waals surface area contributed by atoms with Crippen molar-refractivity contribution in [3.63, 3.8) is 0 Å². The standard InChI is InChI=1S/C20H25ClN2O3S/c1-6-16-9-7-8-14(3)19(16)22-20(24)15(4)23(27(5,25)26)17-11-10-13(2)18(21)12-17/h7-12,15H,6H2,1-5H3,(H,22,24)/t15-/m1/s1. The van der Waals surface area contributed by atoms with E-state index in [0.29, 0.717) is 10.7 Å². The zero-order chi connectivity index (χ0) is 20.4. The molecule has 0 fully saturated rings. The highest BCUT2D eigenvalue weighted by molar-refractivity contribution is 7.92. The van der Waals surface area contributed by atoms with Gasteiger partial charge in [-0.1, -0.05) is 42.8 Å². The van der Waals surface area contributed by atoms with E-state index in [-0.39, 0.29) is 0 Å². The normalized spacial score (nSPS) is 12.5. The Morgan fingerprint density at radius 3 is 2.41 bits per heavy atom. The van der Waals surface area contributed by atoms with Crippen LogP contribution in [0.5, 0.6) is 0 Å². The van der Waals surface area contributed by atoms with Crippen LogP contribution in [0.1, 0.15) is 30.5 Å². The van der Waals surface area contributed by atoms with Crippen molar-refractivity contribution in [2.75, 3.05) is 15.9 Å². The first-order valence-electron chi connectivity index (χ1n) is 8.71. The first-order chi connectivity index (χ1) is 12.6. The monoisotopic (exact) mass is 408 g/mol. The van der Waals surface area contributed by atoms with Crippen molar-refractivity contribution in [2.45, 2.75) is 40.2 Å². The number of sulfonamides is 1. The number of nitrogens with one attached hydrogen (secondary N) is 1. The van der Waals surface area contributed by atoms with Gasteiger partial charge in [-0.2, -0.15) is 0 Å². The van der Waals surface area contributed by atoms with Gasteiger partial charge in [0.1, 0.15) is 6.04 Å². The van der Waals surface area contributed by atoms with Crippen LogP contribution in [0, 0.1) is 13.8 Å². The van der Waals surface area contributed by atoms with E-state index in [4.69, 9.17) is 11.6 Å². The summed E-state index contributed by atoms with van der Waals surface area (Å²) >= 11 is 6.16. The Morgan fingerprint density at radius 2 is 1.85 bits per heavy atom. The van der Waals surface area contributed by atoms with Crippen LogP contribution in [0.4, 0.5) is 11.4 Å². The second-order valence-electron chi connectivity index (χ2n) is 6.62. The molecule has 1 atom stereocenters. The van der Waals surface area contributed by atoms with Crippen LogP contribution >= 0.6 is 11.6 Å². The number of benzene rings is 2. The highest BCUT2D eigenvalue weighted by atomic mass is 35.5. The Morgan fingerprint density at radius 1 is 1.19 bits per heavy atom. The number of halogens is 1. The van der Waals surface area contributed by atoms with Gasteiger partial charge in [-0.05, 0) is 56.0 Å². The van der Waals surface area contributed by atoms with Crippen LogP contribution in [0.15, 0.2) is 36.4 Å². The fourth-order valence-electron chi connectivity index (χ4n) is 2.96. The molecule has 0 radical (unpaired) electrons. The maximum Gasteiger partial charge on any atom is 0.248 e. The van der Waals surface area contributed by atoms with Crippen molar-refractivity contribution in [3.05, 3.63) is 58.1 Å². The third-order valence-corrected chi connectivity index (χ3v) is 6.14. The Balaban J connectivity index is 2.40. The summed E-state index contributed by atoms with van der Waals surface area (Å²) in [6.07, 6.45) is 1.84. The number of aryl methyl sites for hydroxylation is 3. The number of hydrogen-bond acceptors (Lipinski definition) is 3. The SMILES string of the molecule is CCc1cccc(C)c1NC(=O)[C@@H](C)N(c1ccc(C)c(Cl)c1)S(C)(=O)=O. The lowest BCUT2D eigenvalue weighted by Crippen LogP contribution is -2.45. The number of para-hydroxylation sites is 1. The molecule has 2 rings (SSSR count). The zero-order valence-corrected chi connectivity index (χ0v) is 17.8. The lowest BCUT2D eigenvalue weighted by molar-refractivity contribution is -0.116. The Hall–Kier alpha value is -2.05. The van der Waals surface area contributed by atoms with Crippen molar-refractivity contribution in [3.8, 4) is 0 Å². The molecule has 0 saturated carbocycles. The second kappa shape index (κ2) is 8.31. The summed E-state index contributed by atoms with van der Waals surface area (Å²) < 4.78 is 25.9. The average Bonchev–Trinajstić information content (AvgIpc) is 2.58. The highest BCUT2D eigenvalue weighted by Gasteiger charge is 2.30. The van der Waals surface area contributed by atoms with Gasteiger partial charge in [0.05, 0.1) is 11.9 Å². The molecule has 0 unspecified atom stereocenters. The molecule has 0 saturated heterocycles. The number of carbonyl (C=O) groups excluding carboxylic acids is 1. The topological polar surface area (TPSA) is 66.5 Å². The molecule has 1 amide bonds. The van der Waals surface area contributed by atoms with Crippen molar-refractivity contribution < 1.29 is 13.2 Å². The minimum atomic E-state index is -3.70. The van der Waals surface area contributed by atoms with Gasteiger partial charge >= 0.3 is 0 Å². The summed E-state index contributed by atoms with van der Waals surface area (Å²) in [4.78, 5) is 12.9. The summed E-state index contributed by atoms with van der Waals surface area (Å²) in [6, 6.07) is 9.79. The van der Waals surface area contributed by atoms with Crippen LogP contribution in [0.2, 0.25) is 5.02 Å². The van der Waals surface area contributed by atoms with Crippen molar-refractivity contribution in [2.24, 2.45) is 0 Å². The maximum atomic E-state index is 12.9. The largest absolute Gasteiger partial charge is 0.324 e. The third kappa shape index (κ3) is 4.82. The second-order valence-corrected chi connectivity index (χ2v) is 8.89. The third-order valence-electron chi connectivity index (χ3n) is 4.49. The molecule has 1 N–H and O–H groups in total. The van der Waals surface area contributed by atoms with E-state index in [0.717, 1.165) is 39.4 Å². The fraction of sp³-hybridized carbons (Fsp3) is 0.350. The highest BCUT2D eigenvalue weighted by Crippen LogP contribution is 2.28. The Bertz CT molecular complexity index is 958. The van der Waals surface area contributed by atoms with Crippen molar-refractivity contribution in [1.29, 1.82) is 0 Å². The molecule has 0 aliphatic heterocycles. The summed E-state index contributed by atoms with van der Waals surface area (Å²) in [6.45, 7) is 7.31. The first kappa shape index (κ1) is 21.3. The van der Waals surface area contributed by atoms with E-state index >= 15 is 0 Å². The van der Waals surface area contributed by atoms with E-state index in [1.807, 2.05) is 39.0 Å². The van der Waals surface area contributed by atoms with Crippen LogP contribution in [-0.2, 0) is 21.2 Å². The van der Waals surface area contributed by atoms with Crippen LogP contribution in [0.3, 0.4) is 0 Å².